The molecule has 0 unspecified atom stereocenters. The van der Waals surface area contributed by atoms with Gasteiger partial charge in [-0.1, -0.05) is 75.3 Å². The summed E-state index contributed by atoms with van der Waals surface area (Å²) in [6.07, 6.45) is 19.1. The summed E-state index contributed by atoms with van der Waals surface area (Å²) < 4.78 is 0. The van der Waals surface area contributed by atoms with Crippen LogP contribution in [0.25, 0.3) is 6.08 Å². The van der Waals surface area contributed by atoms with E-state index in [1.165, 1.54) is 56.1 Å². The van der Waals surface area contributed by atoms with Crippen molar-refractivity contribution >= 4 is 6.08 Å². The molecule has 1 aliphatic carbocycles. The lowest BCUT2D eigenvalue weighted by atomic mass is 9.80. The molecular formula is C24H32. The summed E-state index contributed by atoms with van der Waals surface area (Å²) in [6, 6.07) is 8.78. The molecule has 1 aromatic rings. The molecule has 0 N–H and O–H groups in total. The molecule has 1 aliphatic rings. The van der Waals surface area contributed by atoms with Crippen LogP contribution in [-0.2, 0) is 6.42 Å². The van der Waals surface area contributed by atoms with Crippen molar-refractivity contribution in [1.82, 2.24) is 0 Å². The van der Waals surface area contributed by atoms with E-state index in [9.17, 15) is 0 Å². The zero-order valence-electron chi connectivity index (χ0n) is 15.4. The fourth-order valence-corrected chi connectivity index (χ4v) is 3.58. The third-order valence-electron chi connectivity index (χ3n) is 5.00. The van der Waals surface area contributed by atoms with Gasteiger partial charge in [-0.05, 0) is 73.3 Å². The molecule has 24 heavy (non-hydrogen) atoms. The van der Waals surface area contributed by atoms with Gasteiger partial charge in [0.25, 0.3) is 0 Å². The van der Waals surface area contributed by atoms with Crippen molar-refractivity contribution in [3.63, 3.8) is 0 Å². The Balaban J connectivity index is 1.73. The lowest BCUT2D eigenvalue weighted by molar-refractivity contribution is 0.294. The van der Waals surface area contributed by atoms with Crippen LogP contribution >= 0.6 is 0 Å². The van der Waals surface area contributed by atoms with Gasteiger partial charge in [-0.2, -0.15) is 0 Å². The number of aryl methyl sites for hydroxylation is 1. The van der Waals surface area contributed by atoms with E-state index in [0.29, 0.717) is 0 Å². The number of rotatable bonds is 6. The normalized spacial score (nSPS) is 21.1. The van der Waals surface area contributed by atoms with Crippen molar-refractivity contribution in [2.75, 3.05) is 0 Å². The van der Waals surface area contributed by atoms with Gasteiger partial charge < -0.3 is 0 Å². The molecule has 0 amide bonds. The maximum atomic E-state index is 3.15. The first-order valence-corrected chi connectivity index (χ1v) is 9.75. The van der Waals surface area contributed by atoms with Crippen molar-refractivity contribution < 1.29 is 0 Å². The number of benzene rings is 1. The predicted molar refractivity (Wildman–Crippen MR) is 107 cm³/mol. The number of hydrogen-bond donors (Lipinski definition) is 0. The molecular weight excluding hydrogens is 288 g/mol. The van der Waals surface area contributed by atoms with Crippen molar-refractivity contribution in [1.29, 1.82) is 0 Å². The van der Waals surface area contributed by atoms with Gasteiger partial charge in [-0.25, -0.2) is 0 Å². The predicted octanol–water partition coefficient (Wildman–Crippen LogP) is 6.82. The van der Waals surface area contributed by atoms with Crippen LogP contribution in [0, 0.1) is 23.7 Å². The van der Waals surface area contributed by atoms with Crippen molar-refractivity contribution in [2.24, 2.45) is 11.8 Å². The second-order valence-corrected chi connectivity index (χ2v) is 7.04. The largest absolute Gasteiger partial charge is 0.0730 e. The summed E-state index contributed by atoms with van der Waals surface area (Å²) in [5.41, 5.74) is 2.64. The molecule has 0 heteroatoms. The Morgan fingerprint density at radius 3 is 2.29 bits per heavy atom. The van der Waals surface area contributed by atoms with E-state index >= 15 is 0 Å². The third-order valence-corrected chi connectivity index (χ3v) is 5.00. The first kappa shape index (κ1) is 18.6. The molecule has 0 atom stereocenters. The third kappa shape index (κ3) is 6.79. The van der Waals surface area contributed by atoms with Crippen LogP contribution in [0.3, 0.4) is 0 Å². The van der Waals surface area contributed by atoms with E-state index in [1.807, 2.05) is 6.08 Å². The van der Waals surface area contributed by atoms with E-state index in [2.05, 4.69) is 68.2 Å². The van der Waals surface area contributed by atoms with Gasteiger partial charge in [-0.15, -0.1) is 0 Å². The van der Waals surface area contributed by atoms with Gasteiger partial charge >= 0.3 is 0 Å². The van der Waals surface area contributed by atoms with Crippen molar-refractivity contribution in [3.8, 4) is 11.8 Å². The summed E-state index contributed by atoms with van der Waals surface area (Å²) in [5, 5.41) is 0. The summed E-state index contributed by atoms with van der Waals surface area (Å²) >= 11 is 0. The Labute approximate surface area is 149 Å². The van der Waals surface area contributed by atoms with E-state index in [4.69, 9.17) is 0 Å². The fraction of sp³-hybridized carbons (Fsp3) is 0.500. The number of allylic oxidation sites excluding steroid dienone is 3. The molecule has 0 spiro atoms. The van der Waals surface area contributed by atoms with E-state index in [1.54, 1.807) is 0 Å². The highest BCUT2D eigenvalue weighted by atomic mass is 14.2. The van der Waals surface area contributed by atoms with E-state index < -0.39 is 0 Å². The lowest BCUT2D eigenvalue weighted by Crippen LogP contribution is -2.12. The van der Waals surface area contributed by atoms with Crippen LogP contribution in [0.15, 0.2) is 42.5 Å². The first-order chi connectivity index (χ1) is 11.8. The highest BCUT2D eigenvalue weighted by molar-refractivity contribution is 5.53. The van der Waals surface area contributed by atoms with Gasteiger partial charge in [0.15, 0.2) is 0 Å². The maximum absolute atomic E-state index is 3.15. The Bertz CT molecular complexity index is 569. The van der Waals surface area contributed by atoms with Gasteiger partial charge in [0.2, 0.25) is 0 Å². The molecule has 0 aliphatic heterocycles. The van der Waals surface area contributed by atoms with Crippen molar-refractivity contribution in [3.05, 3.63) is 53.6 Å². The molecule has 1 fully saturated rings. The molecule has 1 saturated carbocycles. The van der Waals surface area contributed by atoms with Gasteiger partial charge in [0.1, 0.15) is 0 Å². The monoisotopic (exact) mass is 320 g/mol. The first-order valence-electron chi connectivity index (χ1n) is 9.75. The molecule has 2 rings (SSSR count). The van der Waals surface area contributed by atoms with Crippen LogP contribution in [0.5, 0.6) is 0 Å². The fourth-order valence-electron chi connectivity index (χ4n) is 3.58. The standard InChI is InChI=1S/C24H32/c1-3-9-21-13-17-23(18-14-21)11-7-5-6-8-12-24-19-15-22(10-4-2)16-20-24/h7-8,11-14,17-18,22,24H,3-4,9-10,15-16,19-20H2,1-2H3. The lowest BCUT2D eigenvalue weighted by Gasteiger charge is -2.26. The number of hydrogen-bond acceptors (Lipinski definition) is 0. The molecule has 1 aromatic carbocycles. The Kier molecular flexibility index (Phi) is 8.47. The second-order valence-electron chi connectivity index (χ2n) is 7.04. The highest BCUT2D eigenvalue weighted by Gasteiger charge is 2.18. The average molecular weight is 321 g/mol. The zero-order valence-corrected chi connectivity index (χ0v) is 15.4. The van der Waals surface area contributed by atoms with Crippen molar-refractivity contribution in [2.45, 2.75) is 65.2 Å². The van der Waals surface area contributed by atoms with E-state index in [-0.39, 0.29) is 0 Å². The summed E-state index contributed by atoms with van der Waals surface area (Å²) in [4.78, 5) is 0. The molecule has 0 bridgehead atoms. The minimum absolute atomic E-state index is 0.752. The summed E-state index contributed by atoms with van der Waals surface area (Å²) in [6.45, 7) is 4.52. The van der Waals surface area contributed by atoms with Crippen LogP contribution in [0.1, 0.15) is 69.9 Å². The molecule has 0 radical (unpaired) electrons. The molecule has 0 nitrogen and oxygen atoms in total. The van der Waals surface area contributed by atoms with Crippen LogP contribution in [0.2, 0.25) is 0 Å². The topological polar surface area (TPSA) is 0 Å². The molecule has 128 valence electrons. The minimum atomic E-state index is 0.752. The Morgan fingerprint density at radius 1 is 0.917 bits per heavy atom. The van der Waals surface area contributed by atoms with E-state index in [0.717, 1.165) is 18.3 Å². The Hall–Kier alpha value is -1.74. The second kappa shape index (κ2) is 10.9. The smallest absolute Gasteiger partial charge is 0.0109 e. The van der Waals surface area contributed by atoms with Crippen LogP contribution in [-0.4, -0.2) is 0 Å². The zero-order chi connectivity index (χ0) is 17.0. The van der Waals surface area contributed by atoms with Crippen LogP contribution in [0.4, 0.5) is 0 Å². The van der Waals surface area contributed by atoms with Crippen LogP contribution < -0.4 is 0 Å². The van der Waals surface area contributed by atoms with Gasteiger partial charge in [0, 0.05) is 0 Å². The summed E-state index contributed by atoms with van der Waals surface area (Å²) in [5.74, 6) is 8.01. The maximum Gasteiger partial charge on any atom is -0.0109 e. The SMILES string of the molecule is CCCc1ccc(C=CC#CC=CC2CCC(CCC)CC2)cc1. The molecule has 0 aromatic heterocycles. The van der Waals surface area contributed by atoms with Gasteiger partial charge in [0.05, 0.1) is 0 Å². The molecule has 0 heterocycles. The quantitative estimate of drug-likeness (QED) is 0.504. The minimum Gasteiger partial charge on any atom is -0.0730 e. The average Bonchev–Trinajstić information content (AvgIpc) is 2.61. The Morgan fingerprint density at radius 2 is 1.62 bits per heavy atom. The highest BCUT2D eigenvalue weighted by Crippen LogP contribution is 2.31. The molecule has 0 saturated heterocycles. The van der Waals surface area contributed by atoms with Gasteiger partial charge in [-0.3, -0.25) is 0 Å². The summed E-state index contributed by atoms with van der Waals surface area (Å²) in [7, 11) is 0.